The first-order valence-electron chi connectivity index (χ1n) is 7.11. The van der Waals surface area contributed by atoms with Gasteiger partial charge in [0.05, 0.1) is 31.5 Å². The van der Waals surface area contributed by atoms with Gasteiger partial charge in [-0.15, -0.1) is 10.2 Å². The minimum Gasteiger partial charge on any atom is -0.360 e. The van der Waals surface area contributed by atoms with Crippen LogP contribution in [0.1, 0.15) is 13.8 Å². The Hall–Kier alpha value is -0.440. The van der Waals surface area contributed by atoms with Gasteiger partial charge in [-0.3, -0.25) is 4.79 Å². The van der Waals surface area contributed by atoms with Gasteiger partial charge >= 0.3 is 0 Å². The van der Waals surface area contributed by atoms with Gasteiger partial charge in [0.1, 0.15) is 0 Å². The minimum absolute atomic E-state index is 0.121. The zero-order valence-corrected chi connectivity index (χ0v) is 17.9. The predicted octanol–water partition coefficient (Wildman–Crippen LogP) is 5.95. The first-order valence-corrected chi connectivity index (χ1v) is 10.4. The summed E-state index contributed by atoms with van der Waals surface area (Å²) in [6.45, 7) is 5.02. The van der Waals surface area contributed by atoms with Crippen molar-refractivity contribution >= 4 is 86.2 Å². The second-order valence-corrected chi connectivity index (χ2v) is 9.10. The highest BCUT2D eigenvalue weighted by molar-refractivity contribution is 8.01. The summed E-state index contributed by atoms with van der Waals surface area (Å²) in [4.78, 5) is 12.1. The van der Waals surface area contributed by atoms with Crippen LogP contribution in [0.2, 0.25) is 20.1 Å². The minimum atomic E-state index is -0.306. The maximum atomic E-state index is 12.1. The normalized spacial score (nSPS) is 11.0. The summed E-state index contributed by atoms with van der Waals surface area (Å²) >= 11 is 26.7. The van der Waals surface area contributed by atoms with Crippen molar-refractivity contribution in [2.24, 2.45) is 5.92 Å². The number of hydrogen-bond acceptors (Lipinski definition) is 6. The summed E-state index contributed by atoms with van der Waals surface area (Å²) in [5, 5.41) is 15.3. The van der Waals surface area contributed by atoms with Crippen LogP contribution in [0.25, 0.3) is 0 Å². The number of carbonyl (C=O) groups excluding carboxylic acids is 1. The molecule has 0 fully saturated rings. The molecule has 0 saturated carbocycles. The Balaban J connectivity index is 1.94. The third-order valence-electron chi connectivity index (χ3n) is 2.77. The van der Waals surface area contributed by atoms with Crippen molar-refractivity contribution in [3.05, 3.63) is 26.2 Å². The van der Waals surface area contributed by atoms with Crippen LogP contribution < -0.4 is 10.6 Å². The topological polar surface area (TPSA) is 66.9 Å². The molecule has 1 amide bonds. The molecule has 0 bridgehead atoms. The number of hydrogen-bond donors (Lipinski definition) is 2. The SMILES string of the molecule is CC(C)CNc1nnc(SCC(=O)Nc2c(Cl)c(Cl)cc(Cl)c2Cl)s1. The molecule has 0 unspecified atom stereocenters. The molecule has 1 aromatic heterocycles. The Morgan fingerprint density at radius 2 is 1.84 bits per heavy atom. The zero-order chi connectivity index (χ0) is 18.6. The number of halogens is 4. The lowest BCUT2D eigenvalue weighted by atomic mass is 10.2. The number of nitrogens with one attached hydrogen (secondary N) is 2. The highest BCUT2D eigenvalue weighted by Crippen LogP contribution is 2.41. The number of nitrogens with zero attached hydrogens (tertiary/aromatic N) is 2. The van der Waals surface area contributed by atoms with Crippen molar-refractivity contribution in [3.63, 3.8) is 0 Å². The maximum Gasteiger partial charge on any atom is 0.234 e. The predicted molar refractivity (Wildman–Crippen MR) is 109 cm³/mol. The first-order chi connectivity index (χ1) is 11.8. The molecule has 0 aliphatic rings. The first kappa shape index (κ1) is 20.9. The summed E-state index contributed by atoms with van der Waals surface area (Å²) in [5.41, 5.74) is 0.197. The lowest BCUT2D eigenvalue weighted by Gasteiger charge is -2.11. The van der Waals surface area contributed by atoms with Crippen LogP contribution in [-0.4, -0.2) is 28.4 Å². The lowest BCUT2D eigenvalue weighted by Crippen LogP contribution is -2.14. The van der Waals surface area contributed by atoms with Crippen molar-refractivity contribution in [2.45, 2.75) is 18.2 Å². The van der Waals surface area contributed by atoms with E-state index in [4.69, 9.17) is 46.4 Å². The molecule has 136 valence electrons. The zero-order valence-electron chi connectivity index (χ0n) is 13.2. The summed E-state index contributed by atoms with van der Waals surface area (Å²) in [6.07, 6.45) is 0. The van der Waals surface area contributed by atoms with E-state index in [0.717, 1.165) is 11.7 Å². The smallest absolute Gasteiger partial charge is 0.234 e. The third-order valence-corrected chi connectivity index (χ3v) is 6.36. The van der Waals surface area contributed by atoms with Gasteiger partial charge in [0.15, 0.2) is 4.34 Å². The van der Waals surface area contributed by atoms with E-state index in [1.165, 1.54) is 29.2 Å². The van der Waals surface area contributed by atoms with Gasteiger partial charge < -0.3 is 10.6 Å². The summed E-state index contributed by atoms with van der Waals surface area (Å²) < 4.78 is 0.683. The van der Waals surface area contributed by atoms with Gasteiger partial charge in [-0.1, -0.05) is 83.3 Å². The molecule has 0 aliphatic heterocycles. The number of aromatic nitrogens is 2. The molecule has 0 radical (unpaired) electrons. The molecular formula is C14H14Cl4N4OS2. The van der Waals surface area contributed by atoms with Gasteiger partial charge in [0.2, 0.25) is 11.0 Å². The Kier molecular flexibility index (Phi) is 7.91. The number of amides is 1. The van der Waals surface area contributed by atoms with Crippen LogP contribution in [0.15, 0.2) is 10.4 Å². The average Bonchev–Trinajstić information content (AvgIpc) is 3.01. The molecular weight excluding hydrogens is 446 g/mol. The summed E-state index contributed by atoms with van der Waals surface area (Å²) in [5.74, 6) is 0.319. The Morgan fingerprint density at radius 3 is 2.44 bits per heavy atom. The van der Waals surface area contributed by atoms with E-state index in [1.807, 2.05) is 0 Å². The number of anilines is 2. The largest absolute Gasteiger partial charge is 0.360 e. The molecule has 2 N–H and O–H groups in total. The van der Waals surface area contributed by atoms with Gasteiger partial charge in [0, 0.05) is 6.54 Å². The van der Waals surface area contributed by atoms with E-state index < -0.39 is 0 Å². The fourth-order valence-electron chi connectivity index (χ4n) is 1.62. The van der Waals surface area contributed by atoms with Crippen LogP contribution >= 0.6 is 69.5 Å². The van der Waals surface area contributed by atoms with Gasteiger partial charge in [0.25, 0.3) is 0 Å². The molecule has 0 saturated heterocycles. The van der Waals surface area contributed by atoms with Crippen molar-refractivity contribution < 1.29 is 4.79 Å². The molecule has 0 spiro atoms. The lowest BCUT2D eigenvalue weighted by molar-refractivity contribution is -0.113. The number of carbonyl (C=O) groups is 1. The highest BCUT2D eigenvalue weighted by atomic mass is 35.5. The number of thioether (sulfide) groups is 1. The number of rotatable bonds is 7. The van der Waals surface area contributed by atoms with E-state index in [-0.39, 0.29) is 37.4 Å². The van der Waals surface area contributed by atoms with Crippen LogP contribution in [0.3, 0.4) is 0 Å². The molecule has 1 aromatic carbocycles. The molecule has 1 heterocycles. The molecule has 0 aliphatic carbocycles. The fourth-order valence-corrected chi connectivity index (χ4v) is 4.08. The Labute approximate surface area is 173 Å². The van der Waals surface area contributed by atoms with Gasteiger partial charge in [-0.25, -0.2) is 0 Å². The molecule has 0 atom stereocenters. The standard InChI is InChI=1S/C14H14Cl4N4OS2/c1-6(2)4-19-13-21-22-14(25-13)24-5-9(23)20-12-10(17)7(15)3-8(16)11(12)18/h3,6H,4-5H2,1-2H3,(H,19,21)(H,20,23). The van der Waals surface area contributed by atoms with E-state index in [1.54, 1.807) is 0 Å². The van der Waals surface area contributed by atoms with Gasteiger partial charge in [-0.2, -0.15) is 0 Å². The quantitative estimate of drug-likeness (QED) is 0.395. The molecule has 25 heavy (non-hydrogen) atoms. The van der Waals surface area contributed by atoms with Gasteiger partial charge in [-0.05, 0) is 12.0 Å². The van der Waals surface area contributed by atoms with Crippen LogP contribution in [0.4, 0.5) is 10.8 Å². The Morgan fingerprint density at radius 1 is 1.20 bits per heavy atom. The molecule has 11 heteroatoms. The van der Waals surface area contributed by atoms with Crippen LogP contribution in [-0.2, 0) is 4.79 Å². The van der Waals surface area contributed by atoms with E-state index in [9.17, 15) is 4.79 Å². The average molecular weight is 460 g/mol. The van der Waals surface area contributed by atoms with Crippen LogP contribution in [0, 0.1) is 5.92 Å². The molecule has 2 aromatic rings. The second kappa shape index (κ2) is 9.48. The third kappa shape index (κ3) is 6.05. The van der Waals surface area contributed by atoms with Crippen molar-refractivity contribution in [3.8, 4) is 0 Å². The van der Waals surface area contributed by atoms with Crippen molar-refractivity contribution in [1.82, 2.24) is 10.2 Å². The summed E-state index contributed by atoms with van der Waals surface area (Å²) in [7, 11) is 0. The monoisotopic (exact) mass is 458 g/mol. The van der Waals surface area contributed by atoms with Crippen LogP contribution in [0.5, 0.6) is 0 Å². The fraction of sp³-hybridized carbons (Fsp3) is 0.357. The summed E-state index contributed by atoms with van der Waals surface area (Å²) in [6, 6.07) is 1.42. The molecule has 5 nitrogen and oxygen atoms in total. The van der Waals surface area contributed by atoms with Crippen molar-refractivity contribution in [1.29, 1.82) is 0 Å². The molecule has 2 rings (SSSR count). The number of benzene rings is 1. The highest BCUT2D eigenvalue weighted by Gasteiger charge is 2.17. The maximum absolute atomic E-state index is 12.1. The van der Waals surface area contributed by atoms with E-state index in [0.29, 0.717) is 10.3 Å². The second-order valence-electron chi connectivity index (χ2n) is 5.33. The Bertz CT molecular complexity index is 743. The van der Waals surface area contributed by atoms with E-state index in [2.05, 4.69) is 34.7 Å². The van der Waals surface area contributed by atoms with Crippen molar-refractivity contribution in [2.75, 3.05) is 22.9 Å². The van der Waals surface area contributed by atoms with E-state index >= 15 is 0 Å².